The van der Waals surface area contributed by atoms with Gasteiger partial charge >= 0.3 is 0 Å². The summed E-state index contributed by atoms with van der Waals surface area (Å²) in [5.41, 5.74) is -0.0391. The number of carbonyl (C=O) groups is 1. The van der Waals surface area contributed by atoms with Crippen LogP contribution in [0.4, 0.5) is 14.6 Å². The molecule has 2 rings (SSSR count). The van der Waals surface area contributed by atoms with Crippen LogP contribution in [0.25, 0.3) is 0 Å². The Labute approximate surface area is 106 Å². The number of aromatic nitrogens is 1. The molecule has 0 spiro atoms. The molecule has 0 aliphatic carbocycles. The molecule has 0 radical (unpaired) electrons. The van der Waals surface area contributed by atoms with Crippen molar-refractivity contribution in [1.29, 1.82) is 0 Å². The van der Waals surface area contributed by atoms with Gasteiger partial charge < -0.3 is 5.32 Å². The van der Waals surface area contributed by atoms with Crippen molar-refractivity contribution in [3.05, 3.63) is 58.7 Å². The number of rotatable bonds is 2. The number of anilines is 1. The monoisotopic (exact) mass is 268 g/mol. The van der Waals surface area contributed by atoms with E-state index in [1.165, 1.54) is 24.3 Å². The lowest BCUT2D eigenvalue weighted by Crippen LogP contribution is -2.14. The van der Waals surface area contributed by atoms with Crippen LogP contribution < -0.4 is 5.32 Å². The van der Waals surface area contributed by atoms with Gasteiger partial charge in [-0.15, -0.1) is 0 Å². The lowest BCUT2D eigenvalue weighted by molar-refractivity contribution is 0.102. The summed E-state index contributed by atoms with van der Waals surface area (Å²) < 4.78 is 26.0. The maximum Gasteiger partial charge on any atom is 0.258 e. The zero-order chi connectivity index (χ0) is 13.1. The first kappa shape index (κ1) is 12.4. The van der Waals surface area contributed by atoms with Crippen molar-refractivity contribution in [1.82, 2.24) is 4.98 Å². The van der Waals surface area contributed by atoms with E-state index in [0.29, 0.717) is 0 Å². The zero-order valence-electron chi connectivity index (χ0n) is 8.95. The number of amides is 1. The lowest BCUT2D eigenvalue weighted by Gasteiger charge is -2.06. The fourth-order valence-corrected chi connectivity index (χ4v) is 1.55. The molecule has 1 aromatic carbocycles. The second-order valence-corrected chi connectivity index (χ2v) is 3.78. The van der Waals surface area contributed by atoms with E-state index in [4.69, 9.17) is 11.6 Å². The fraction of sp³-hybridized carbons (Fsp3) is 0. The van der Waals surface area contributed by atoms with E-state index in [-0.39, 0.29) is 16.4 Å². The Morgan fingerprint density at radius 1 is 1.17 bits per heavy atom. The molecule has 0 saturated heterocycles. The normalized spacial score (nSPS) is 10.2. The summed E-state index contributed by atoms with van der Waals surface area (Å²) in [4.78, 5) is 15.2. The average Bonchev–Trinajstić information content (AvgIpc) is 2.32. The van der Waals surface area contributed by atoms with E-state index in [2.05, 4.69) is 10.3 Å². The van der Waals surface area contributed by atoms with Gasteiger partial charge in [0.25, 0.3) is 5.91 Å². The molecule has 0 bridgehead atoms. The number of nitrogens with zero attached hydrogens (tertiary/aromatic N) is 1. The Kier molecular flexibility index (Phi) is 3.53. The van der Waals surface area contributed by atoms with Gasteiger partial charge in [-0.2, -0.15) is 4.39 Å². The molecule has 6 heteroatoms. The molecule has 92 valence electrons. The fourth-order valence-electron chi connectivity index (χ4n) is 1.34. The number of benzene rings is 1. The SMILES string of the molecule is O=C(Nc1cccc(F)n1)c1cccc(F)c1Cl. The molecular weight excluding hydrogens is 262 g/mol. The van der Waals surface area contributed by atoms with Crippen molar-refractivity contribution in [2.75, 3.05) is 5.32 Å². The van der Waals surface area contributed by atoms with E-state index in [9.17, 15) is 13.6 Å². The van der Waals surface area contributed by atoms with Crippen molar-refractivity contribution in [2.45, 2.75) is 0 Å². The minimum absolute atomic E-state index is 0.0281. The average molecular weight is 269 g/mol. The van der Waals surface area contributed by atoms with Gasteiger partial charge in [-0.1, -0.05) is 23.7 Å². The molecule has 0 aliphatic heterocycles. The van der Waals surface area contributed by atoms with Gasteiger partial charge in [0, 0.05) is 0 Å². The van der Waals surface area contributed by atoms with Crippen LogP contribution in [-0.4, -0.2) is 10.9 Å². The molecule has 1 amide bonds. The third-order valence-electron chi connectivity index (χ3n) is 2.15. The summed E-state index contributed by atoms with van der Waals surface area (Å²) in [5.74, 6) is -2.05. The number of carbonyl (C=O) groups excluding carboxylic acids is 1. The number of pyridine rings is 1. The molecule has 1 N–H and O–H groups in total. The number of hydrogen-bond acceptors (Lipinski definition) is 2. The third-order valence-corrected chi connectivity index (χ3v) is 2.54. The Balaban J connectivity index is 2.25. The highest BCUT2D eigenvalue weighted by molar-refractivity contribution is 6.34. The van der Waals surface area contributed by atoms with Crippen molar-refractivity contribution < 1.29 is 13.6 Å². The Hall–Kier alpha value is -2.01. The highest BCUT2D eigenvalue weighted by Gasteiger charge is 2.14. The predicted molar refractivity (Wildman–Crippen MR) is 63.6 cm³/mol. The first-order valence-corrected chi connectivity index (χ1v) is 5.33. The van der Waals surface area contributed by atoms with Crippen LogP contribution in [0.3, 0.4) is 0 Å². The van der Waals surface area contributed by atoms with Crippen molar-refractivity contribution >= 4 is 23.3 Å². The van der Waals surface area contributed by atoms with Crippen LogP contribution in [0.15, 0.2) is 36.4 Å². The summed E-state index contributed by atoms with van der Waals surface area (Å²) in [7, 11) is 0. The van der Waals surface area contributed by atoms with Crippen molar-refractivity contribution in [3.63, 3.8) is 0 Å². The summed E-state index contributed by atoms with van der Waals surface area (Å²) in [6.07, 6.45) is 0. The molecule has 0 fully saturated rings. The molecule has 1 aromatic heterocycles. The van der Waals surface area contributed by atoms with E-state index >= 15 is 0 Å². The van der Waals surface area contributed by atoms with E-state index in [0.717, 1.165) is 12.1 Å². The van der Waals surface area contributed by atoms with Gasteiger partial charge in [0.1, 0.15) is 11.6 Å². The van der Waals surface area contributed by atoms with Gasteiger partial charge in [0.2, 0.25) is 5.95 Å². The van der Waals surface area contributed by atoms with Crippen LogP contribution in [0.1, 0.15) is 10.4 Å². The molecule has 18 heavy (non-hydrogen) atoms. The highest BCUT2D eigenvalue weighted by atomic mass is 35.5. The van der Waals surface area contributed by atoms with Crippen LogP contribution in [0, 0.1) is 11.8 Å². The first-order chi connectivity index (χ1) is 8.58. The third kappa shape index (κ3) is 2.62. The quantitative estimate of drug-likeness (QED) is 0.850. The molecule has 1 heterocycles. The van der Waals surface area contributed by atoms with Gasteiger partial charge in [-0.05, 0) is 24.3 Å². The number of hydrogen-bond donors (Lipinski definition) is 1. The van der Waals surface area contributed by atoms with Crippen LogP contribution >= 0.6 is 11.6 Å². The lowest BCUT2D eigenvalue weighted by atomic mass is 10.2. The molecule has 0 saturated carbocycles. The molecule has 2 aromatic rings. The van der Waals surface area contributed by atoms with E-state index in [1.54, 1.807) is 0 Å². The number of nitrogens with one attached hydrogen (secondary N) is 1. The first-order valence-electron chi connectivity index (χ1n) is 4.96. The number of halogens is 3. The molecule has 0 unspecified atom stereocenters. The summed E-state index contributed by atoms with van der Waals surface area (Å²) >= 11 is 5.66. The molecule has 0 aliphatic rings. The molecular formula is C12H7ClF2N2O. The highest BCUT2D eigenvalue weighted by Crippen LogP contribution is 2.20. The largest absolute Gasteiger partial charge is 0.306 e. The second kappa shape index (κ2) is 5.10. The van der Waals surface area contributed by atoms with E-state index < -0.39 is 17.7 Å². The Morgan fingerprint density at radius 2 is 1.89 bits per heavy atom. The standard InChI is InChI=1S/C12H7ClF2N2O/c13-11-7(3-1-4-8(11)14)12(18)17-10-6-2-5-9(15)16-10/h1-6H,(H,16,17,18). The predicted octanol–water partition coefficient (Wildman–Crippen LogP) is 3.27. The summed E-state index contributed by atoms with van der Waals surface area (Å²) in [6.45, 7) is 0. The minimum atomic E-state index is -0.724. The van der Waals surface area contributed by atoms with Crippen LogP contribution in [-0.2, 0) is 0 Å². The van der Waals surface area contributed by atoms with Gasteiger partial charge in [0.15, 0.2) is 0 Å². The van der Waals surface area contributed by atoms with Crippen molar-refractivity contribution in [3.8, 4) is 0 Å². The van der Waals surface area contributed by atoms with Gasteiger partial charge in [-0.25, -0.2) is 9.37 Å². The smallest absolute Gasteiger partial charge is 0.258 e. The maximum atomic E-state index is 13.2. The maximum absolute atomic E-state index is 13.2. The van der Waals surface area contributed by atoms with Crippen LogP contribution in [0.5, 0.6) is 0 Å². The molecule has 0 atom stereocenters. The van der Waals surface area contributed by atoms with Gasteiger partial charge in [-0.3, -0.25) is 4.79 Å². The second-order valence-electron chi connectivity index (χ2n) is 3.40. The minimum Gasteiger partial charge on any atom is -0.306 e. The van der Waals surface area contributed by atoms with Crippen LogP contribution in [0.2, 0.25) is 5.02 Å². The Morgan fingerprint density at radius 3 is 2.61 bits per heavy atom. The molecule has 3 nitrogen and oxygen atoms in total. The Bertz CT molecular complexity index is 604. The summed E-state index contributed by atoms with van der Waals surface area (Å²) in [5, 5.41) is 2.04. The van der Waals surface area contributed by atoms with E-state index in [1.807, 2.05) is 0 Å². The van der Waals surface area contributed by atoms with Gasteiger partial charge in [0.05, 0.1) is 10.6 Å². The van der Waals surface area contributed by atoms with Crippen molar-refractivity contribution in [2.24, 2.45) is 0 Å². The summed E-state index contributed by atoms with van der Waals surface area (Å²) in [6, 6.07) is 7.80. The topological polar surface area (TPSA) is 42.0 Å². The zero-order valence-corrected chi connectivity index (χ0v) is 9.71.